The van der Waals surface area contributed by atoms with Gasteiger partial charge < -0.3 is 10.1 Å². The molecule has 0 amide bonds. The first-order valence-corrected chi connectivity index (χ1v) is 8.35. The maximum Gasteiger partial charge on any atom is 0.212 e. The van der Waals surface area contributed by atoms with Crippen LogP contribution in [-0.2, 0) is 19.7 Å². The molecule has 0 bridgehead atoms. The first kappa shape index (κ1) is 18.4. The van der Waals surface area contributed by atoms with E-state index in [1.807, 2.05) is 17.8 Å². The minimum Gasteiger partial charge on any atom is -0.473 e. The van der Waals surface area contributed by atoms with Crippen LogP contribution in [0.5, 0.6) is 5.88 Å². The van der Waals surface area contributed by atoms with Crippen LogP contribution in [0.1, 0.15) is 37.9 Å². The van der Waals surface area contributed by atoms with E-state index in [2.05, 4.69) is 24.3 Å². The Balaban J connectivity index is 2.16. The van der Waals surface area contributed by atoms with Crippen molar-refractivity contribution >= 4 is 0 Å². The molecule has 24 heavy (non-hydrogen) atoms. The molecule has 0 aliphatic carbocycles. The summed E-state index contributed by atoms with van der Waals surface area (Å²) in [4.78, 5) is 0. The number of ether oxygens (including phenoxy) is 1. The van der Waals surface area contributed by atoms with Crippen LogP contribution >= 0.6 is 0 Å². The average Bonchev–Trinajstić information content (AvgIpc) is 2.95. The first-order chi connectivity index (χ1) is 11.6. The smallest absolute Gasteiger partial charge is 0.212 e. The molecule has 0 aliphatic rings. The lowest BCUT2D eigenvalue weighted by Gasteiger charge is -2.15. The quantitative estimate of drug-likeness (QED) is 0.754. The van der Waals surface area contributed by atoms with Crippen LogP contribution in [0.25, 0.3) is 0 Å². The van der Waals surface area contributed by atoms with Crippen LogP contribution in [0.4, 0.5) is 8.78 Å². The Kier molecular flexibility index (Phi) is 6.73. The standard InChI is InChI=1S/C18H25F2N3O/c1-4-13(5-2)11-23-18(9-16(22-23)10-21-3)24-12-14-8-15(19)6-7-17(14)20/h6-9,13,21H,4-5,10-12H2,1-3H3. The fourth-order valence-electron chi connectivity index (χ4n) is 2.56. The van der Waals surface area contributed by atoms with Gasteiger partial charge in [-0.15, -0.1) is 0 Å². The van der Waals surface area contributed by atoms with E-state index < -0.39 is 11.6 Å². The Morgan fingerprint density at radius 3 is 2.62 bits per heavy atom. The van der Waals surface area contributed by atoms with Crippen molar-refractivity contribution in [1.82, 2.24) is 15.1 Å². The normalized spacial score (nSPS) is 11.2. The zero-order valence-electron chi connectivity index (χ0n) is 14.5. The summed E-state index contributed by atoms with van der Waals surface area (Å²) in [6, 6.07) is 5.21. The predicted octanol–water partition coefficient (Wildman–Crippen LogP) is 3.90. The van der Waals surface area contributed by atoms with Crippen molar-refractivity contribution in [3.8, 4) is 5.88 Å². The maximum absolute atomic E-state index is 13.7. The summed E-state index contributed by atoms with van der Waals surface area (Å²) in [5.41, 5.74) is 1.05. The Morgan fingerprint density at radius 1 is 1.21 bits per heavy atom. The van der Waals surface area contributed by atoms with Crippen molar-refractivity contribution in [3.05, 3.63) is 47.2 Å². The molecule has 0 spiro atoms. The molecule has 1 aromatic heterocycles. The summed E-state index contributed by atoms with van der Waals surface area (Å²) in [7, 11) is 1.85. The number of halogens is 2. The van der Waals surface area contributed by atoms with E-state index in [0.29, 0.717) is 18.3 Å². The van der Waals surface area contributed by atoms with E-state index in [-0.39, 0.29) is 12.2 Å². The van der Waals surface area contributed by atoms with Crippen LogP contribution in [0.15, 0.2) is 24.3 Å². The minimum atomic E-state index is -0.476. The van der Waals surface area contributed by atoms with Crippen molar-refractivity contribution < 1.29 is 13.5 Å². The van der Waals surface area contributed by atoms with Gasteiger partial charge in [0.25, 0.3) is 0 Å². The van der Waals surface area contributed by atoms with Gasteiger partial charge >= 0.3 is 0 Å². The number of benzene rings is 1. The second-order valence-electron chi connectivity index (χ2n) is 5.89. The summed E-state index contributed by atoms with van der Waals surface area (Å²) in [6.45, 7) is 5.64. The third-order valence-electron chi connectivity index (χ3n) is 4.12. The van der Waals surface area contributed by atoms with E-state index in [0.717, 1.165) is 43.3 Å². The molecule has 0 fully saturated rings. The van der Waals surface area contributed by atoms with Crippen molar-refractivity contribution in [3.63, 3.8) is 0 Å². The second-order valence-corrected chi connectivity index (χ2v) is 5.89. The molecule has 6 heteroatoms. The van der Waals surface area contributed by atoms with Crippen LogP contribution < -0.4 is 10.1 Å². The molecular weight excluding hydrogens is 312 g/mol. The lowest BCUT2D eigenvalue weighted by molar-refractivity contribution is 0.254. The van der Waals surface area contributed by atoms with Crippen LogP contribution in [0, 0.1) is 17.6 Å². The van der Waals surface area contributed by atoms with Gasteiger partial charge in [0, 0.05) is 24.7 Å². The number of hydrogen-bond donors (Lipinski definition) is 1. The maximum atomic E-state index is 13.7. The van der Waals surface area contributed by atoms with Crippen LogP contribution in [0.3, 0.4) is 0 Å². The number of rotatable bonds is 9. The number of aromatic nitrogens is 2. The lowest BCUT2D eigenvalue weighted by atomic mass is 10.0. The zero-order chi connectivity index (χ0) is 17.5. The molecule has 4 nitrogen and oxygen atoms in total. The van der Waals surface area contributed by atoms with Gasteiger partial charge in [0.05, 0.1) is 5.69 Å². The van der Waals surface area contributed by atoms with Gasteiger partial charge in [-0.1, -0.05) is 26.7 Å². The highest BCUT2D eigenvalue weighted by Gasteiger charge is 2.14. The monoisotopic (exact) mass is 337 g/mol. The molecule has 132 valence electrons. The molecular formula is C18H25F2N3O. The van der Waals surface area contributed by atoms with E-state index in [1.165, 1.54) is 0 Å². The zero-order valence-corrected chi connectivity index (χ0v) is 14.5. The summed E-state index contributed by atoms with van der Waals surface area (Å²) in [6.07, 6.45) is 2.10. The summed E-state index contributed by atoms with van der Waals surface area (Å²) >= 11 is 0. The number of hydrogen-bond acceptors (Lipinski definition) is 3. The highest BCUT2D eigenvalue weighted by atomic mass is 19.1. The van der Waals surface area contributed by atoms with E-state index >= 15 is 0 Å². The molecule has 0 saturated carbocycles. The Bertz CT molecular complexity index is 654. The fraction of sp³-hybridized carbons (Fsp3) is 0.500. The van der Waals surface area contributed by atoms with Gasteiger partial charge in [-0.25, -0.2) is 13.5 Å². The molecule has 0 saturated heterocycles. The lowest BCUT2D eigenvalue weighted by Crippen LogP contribution is -2.13. The van der Waals surface area contributed by atoms with Crippen molar-refractivity contribution in [2.24, 2.45) is 5.92 Å². The number of nitrogens with one attached hydrogen (secondary N) is 1. The largest absolute Gasteiger partial charge is 0.473 e. The predicted molar refractivity (Wildman–Crippen MR) is 89.8 cm³/mol. The van der Waals surface area contributed by atoms with E-state index in [4.69, 9.17) is 4.74 Å². The summed E-state index contributed by atoms with van der Waals surface area (Å²) < 4.78 is 34.6. The molecule has 0 unspecified atom stereocenters. The van der Waals surface area contributed by atoms with Crippen molar-refractivity contribution in [2.75, 3.05) is 7.05 Å². The molecule has 2 aromatic rings. The van der Waals surface area contributed by atoms with E-state index in [9.17, 15) is 8.78 Å². The molecule has 1 aromatic carbocycles. The molecule has 1 N–H and O–H groups in total. The van der Waals surface area contributed by atoms with Gasteiger partial charge in [-0.05, 0) is 31.2 Å². The molecule has 0 radical (unpaired) electrons. The highest BCUT2D eigenvalue weighted by molar-refractivity contribution is 5.20. The third-order valence-corrected chi connectivity index (χ3v) is 4.12. The molecule has 0 atom stereocenters. The van der Waals surface area contributed by atoms with Gasteiger partial charge in [0.15, 0.2) is 0 Å². The van der Waals surface area contributed by atoms with E-state index in [1.54, 1.807) is 0 Å². The molecule has 1 heterocycles. The SMILES string of the molecule is CCC(CC)Cn1nc(CNC)cc1OCc1cc(F)ccc1F. The summed E-state index contributed by atoms with van der Waals surface area (Å²) in [5, 5.41) is 7.60. The second kappa shape index (κ2) is 8.78. The topological polar surface area (TPSA) is 39.1 Å². The Morgan fingerprint density at radius 2 is 1.96 bits per heavy atom. The van der Waals surface area contributed by atoms with Gasteiger partial charge in [0.1, 0.15) is 18.2 Å². The average molecular weight is 337 g/mol. The third kappa shape index (κ3) is 4.77. The van der Waals surface area contributed by atoms with Gasteiger partial charge in [0.2, 0.25) is 5.88 Å². The fourth-order valence-corrected chi connectivity index (χ4v) is 2.56. The minimum absolute atomic E-state index is 0.0306. The van der Waals surface area contributed by atoms with Gasteiger partial charge in [-0.3, -0.25) is 0 Å². The number of nitrogens with zero attached hydrogens (tertiary/aromatic N) is 2. The van der Waals surface area contributed by atoms with Crippen molar-refractivity contribution in [2.45, 2.75) is 46.4 Å². The van der Waals surface area contributed by atoms with Crippen LogP contribution in [-0.4, -0.2) is 16.8 Å². The molecule has 0 aliphatic heterocycles. The highest BCUT2D eigenvalue weighted by Crippen LogP contribution is 2.21. The molecule has 2 rings (SSSR count). The van der Waals surface area contributed by atoms with Gasteiger partial charge in [-0.2, -0.15) is 5.10 Å². The van der Waals surface area contributed by atoms with Crippen molar-refractivity contribution in [1.29, 1.82) is 0 Å². The Hall–Kier alpha value is -1.95. The Labute approximate surface area is 141 Å². The first-order valence-electron chi connectivity index (χ1n) is 8.35. The van der Waals surface area contributed by atoms with Crippen LogP contribution in [0.2, 0.25) is 0 Å². The summed E-state index contributed by atoms with van der Waals surface area (Å²) in [5.74, 6) is 0.130.